The van der Waals surface area contributed by atoms with Crippen LogP contribution in [0.1, 0.15) is 25.0 Å². The molecule has 2 saturated heterocycles. The van der Waals surface area contributed by atoms with Gasteiger partial charge < -0.3 is 14.6 Å². The zero-order chi connectivity index (χ0) is 18.0. The van der Waals surface area contributed by atoms with Crippen molar-refractivity contribution in [3.63, 3.8) is 0 Å². The summed E-state index contributed by atoms with van der Waals surface area (Å²) in [6, 6.07) is 9.54. The van der Waals surface area contributed by atoms with E-state index in [0.717, 1.165) is 49.4 Å². The number of pyridine rings is 1. The van der Waals surface area contributed by atoms with Gasteiger partial charge in [-0.15, -0.1) is 0 Å². The summed E-state index contributed by atoms with van der Waals surface area (Å²) in [7, 11) is 1.78. The van der Waals surface area contributed by atoms with Gasteiger partial charge >= 0.3 is 0 Å². The van der Waals surface area contributed by atoms with Gasteiger partial charge in [-0.25, -0.2) is 0 Å². The van der Waals surface area contributed by atoms with E-state index in [1.165, 1.54) is 32.4 Å². The van der Waals surface area contributed by atoms with E-state index in [1.54, 1.807) is 13.2 Å². The molecular weight excluding hydrogens is 326 g/mol. The second-order valence-electron chi connectivity index (χ2n) is 8.04. The number of aromatic amines is 1. The second kappa shape index (κ2) is 7.51. The van der Waals surface area contributed by atoms with Crippen LogP contribution in [0, 0.1) is 5.41 Å². The molecule has 2 fully saturated rings. The van der Waals surface area contributed by atoms with Gasteiger partial charge in [-0.3, -0.25) is 9.69 Å². The SMILES string of the molecule is COCCN1CCCC2(CCN(Cc3cc(=O)c4ccccc4[nH]3)C2)C1. The lowest BCUT2D eigenvalue weighted by atomic mass is 9.79. The Morgan fingerprint density at radius 1 is 1.15 bits per heavy atom. The smallest absolute Gasteiger partial charge is 0.189 e. The third-order valence-electron chi connectivity index (χ3n) is 6.06. The van der Waals surface area contributed by atoms with E-state index in [-0.39, 0.29) is 5.43 Å². The van der Waals surface area contributed by atoms with Gasteiger partial charge in [-0.2, -0.15) is 0 Å². The summed E-state index contributed by atoms with van der Waals surface area (Å²) >= 11 is 0. The van der Waals surface area contributed by atoms with Crippen LogP contribution >= 0.6 is 0 Å². The van der Waals surface area contributed by atoms with E-state index in [1.807, 2.05) is 24.3 Å². The number of rotatable bonds is 5. The molecule has 0 saturated carbocycles. The molecule has 5 heteroatoms. The molecule has 5 nitrogen and oxygen atoms in total. The standard InChI is InChI=1S/C21H29N3O2/c1-26-12-11-23-9-4-7-21(15-23)8-10-24(16-21)14-17-13-20(25)18-5-2-3-6-19(18)22-17/h2-3,5-6,13H,4,7-12,14-16H2,1H3,(H,22,25). The van der Waals surface area contributed by atoms with Gasteiger partial charge in [0, 0.05) is 56.0 Å². The quantitative estimate of drug-likeness (QED) is 0.895. The predicted molar refractivity (Wildman–Crippen MR) is 104 cm³/mol. The maximum Gasteiger partial charge on any atom is 0.189 e. The van der Waals surface area contributed by atoms with Gasteiger partial charge in [0.1, 0.15) is 0 Å². The molecule has 1 N–H and O–H groups in total. The highest BCUT2D eigenvalue weighted by Crippen LogP contribution is 2.39. The Hall–Kier alpha value is -1.69. The van der Waals surface area contributed by atoms with Crippen molar-refractivity contribution in [2.24, 2.45) is 5.41 Å². The number of fused-ring (bicyclic) bond motifs is 1. The van der Waals surface area contributed by atoms with Gasteiger partial charge in [0.05, 0.1) is 6.61 Å². The van der Waals surface area contributed by atoms with Crippen LogP contribution in [-0.4, -0.2) is 61.2 Å². The molecule has 0 radical (unpaired) electrons. The Morgan fingerprint density at radius 3 is 2.88 bits per heavy atom. The molecule has 0 amide bonds. The molecule has 0 aliphatic carbocycles. The molecule has 1 aromatic carbocycles. The van der Waals surface area contributed by atoms with Crippen LogP contribution in [0.4, 0.5) is 0 Å². The zero-order valence-electron chi connectivity index (χ0n) is 15.7. The predicted octanol–water partition coefficient (Wildman–Crippen LogP) is 2.46. The molecule has 1 aromatic heterocycles. The minimum absolute atomic E-state index is 0.117. The van der Waals surface area contributed by atoms with Crippen molar-refractivity contribution in [3.05, 3.63) is 46.2 Å². The van der Waals surface area contributed by atoms with Crippen molar-refractivity contribution < 1.29 is 4.74 Å². The summed E-state index contributed by atoms with van der Waals surface area (Å²) in [5.74, 6) is 0. The summed E-state index contributed by atoms with van der Waals surface area (Å²) in [6.45, 7) is 7.32. The first-order valence-electron chi connectivity index (χ1n) is 9.72. The van der Waals surface area contributed by atoms with Gasteiger partial charge in [-0.05, 0) is 49.9 Å². The van der Waals surface area contributed by atoms with Gasteiger partial charge in [0.15, 0.2) is 5.43 Å². The molecule has 2 aromatic rings. The fraction of sp³-hybridized carbons (Fsp3) is 0.571. The number of piperidine rings is 1. The average molecular weight is 355 g/mol. The van der Waals surface area contributed by atoms with Crippen molar-refractivity contribution in [1.82, 2.24) is 14.8 Å². The Balaban J connectivity index is 1.43. The number of hydrogen-bond acceptors (Lipinski definition) is 4. The highest BCUT2D eigenvalue weighted by Gasteiger charge is 2.41. The zero-order valence-corrected chi connectivity index (χ0v) is 15.7. The average Bonchev–Trinajstić information content (AvgIpc) is 3.01. The van der Waals surface area contributed by atoms with E-state index >= 15 is 0 Å². The fourth-order valence-electron chi connectivity index (χ4n) is 4.80. The number of hydrogen-bond donors (Lipinski definition) is 1. The van der Waals surface area contributed by atoms with Crippen LogP contribution < -0.4 is 5.43 Å². The van der Waals surface area contributed by atoms with Crippen LogP contribution in [-0.2, 0) is 11.3 Å². The first-order chi connectivity index (χ1) is 12.7. The third kappa shape index (κ3) is 3.70. The lowest BCUT2D eigenvalue weighted by Gasteiger charge is -2.40. The minimum Gasteiger partial charge on any atom is -0.383 e. The fourth-order valence-corrected chi connectivity index (χ4v) is 4.80. The largest absolute Gasteiger partial charge is 0.383 e. The van der Waals surface area contributed by atoms with Crippen molar-refractivity contribution in [2.45, 2.75) is 25.8 Å². The van der Waals surface area contributed by atoms with E-state index in [4.69, 9.17) is 4.74 Å². The summed E-state index contributed by atoms with van der Waals surface area (Å²) in [5.41, 5.74) is 2.50. The molecule has 1 spiro atoms. The monoisotopic (exact) mass is 355 g/mol. The van der Waals surface area contributed by atoms with Crippen LogP contribution in [0.3, 0.4) is 0 Å². The highest BCUT2D eigenvalue weighted by molar-refractivity contribution is 5.78. The van der Waals surface area contributed by atoms with Crippen LogP contribution in [0.25, 0.3) is 10.9 Å². The lowest BCUT2D eigenvalue weighted by Crippen LogP contribution is -2.45. The molecule has 1 atom stereocenters. The van der Waals surface area contributed by atoms with Gasteiger partial charge in [0.25, 0.3) is 0 Å². The van der Waals surface area contributed by atoms with E-state index in [0.29, 0.717) is 5.41 Å². The number of para-hydroxylation sites is 1. The number of methoxy groups -OCH3 is 1. The highest BCUT2D eigenvalue weighted by atomic mass is 16.5. The Morgan fingerprint density at radius 2 is 2.00 bits per heavy atom. The molecular formula is C21H29N3O2. The topological polar surface area (TPSA) is 48.6 Å². The van der Waals surface area contributed by atoms with Crippen molar-refractivity contribution in [1.29, 1.82) is 0 Å². The van der Waals surface area contributed by atoms with Gasteiger partial charge in [0.2, 0.25) is 0 Å². The number of nitrogens with one attached hydrogen (secondary N) is 1. The van der Waals surface area contributed by atoms with E-state index in [2.05, 4.69) is 14.8 Å². The third-order valence-corrected chi connectivity index (χ3v) is 6.06. The van der Waals surface area contributed by atoms with Crippen molar-refractivity contribution >= 4 is 10.9 Å². The number of ether oxygens (including phenoxy) is 1. The van der Waals surface area contributed by atoms with Crippen LogP contribution in [0.2, 0.25) is 0 Å². The van der Waals surface area contributed by atoms with Crippen molar-refractivity contribution in [2.75, 3.05) is 46.4 Å². The first-order valence-corrected chi connectivity index (χ1v) is 9.72. The Kier molecular flexibility index (Phi) is 5.11. The van der Waals surface area contributed by atoms with Crippen LogP contribution in [0.15, 0.2) is 35.1 Å². The Labute approximate surface area is 154 Å². The summed E-state index contributed by atoms with van der Waals surface area (Å²) in [6.07, 6.45) is 3.86. The number of benzene rings is 1. The number of nitrogens with zero attached hydrogens (tertiary/aromatic N) is 2. The van der Waals surface area contributed by atoms with Crippen molar-refractivity contribution in [3.8, 4) is 0 Å². The Bertz CT molecular complexity index is 818. The number of H-pyrrole nitrogens is 1. The molecule has 2 aliphatic heterocycles. The second-order valence-corrected chi connectivity index (χ2v) is 8.04. The molecule has 0 bridgehead atoms. The van der Waals surface area contributed by atoms with E-state index < -0.39 is 0 Å². The minimum atomic E-state index is 0.117. The first kappa shape index (κ1) is 17.7. The lowest BCUT2D eigenvalue weighted by molar-refractivity contribution is 0.0673. The molecule has 140 valence electrons. The maximum atomic E-state index is 12.4. The summed E-state index contributed by atoms with van der Waals surface area (Å²) in [4.78, 5) is 20.9. The van der Waals surface area contributed by atoms with E-state index in [9.17, 15) is 4.79 Å². The molecule has 26 heavy (non-hydrogen) atoms. The normalized spacial score (nSPS) is 24.7. The van der Waals surface area contributed by atoms with Gasteiger partial charge in [-0.1, -0.05) is 12.1 Å². The number of aromatic nitrogens is 1. The summed E-state index contributed by atoms with van der Waals surface area (Å²) in [5, 5.41) is 0.773. The number of likely N-dealkylation sites (tertiary alicyclic amines) is 2. The molecule has 2 aliphatic rings. The maximum absolute atomic E-state index is 12.4. The molecule has 3 heterocycles. The molecule has 4 rings (SSSR count). The summed E-state index contributed by atoms with van der Waals surface area (Å²) < 4.78 is 5.26. The molecule has 1 unspecified atom stereocenters. The van der Waals surface area contributed by atoms with Crippen LogP contribution in [0.5, 0.6) is 0 Å².